The molecule has 3 amide bonds. The Morgan fingerprint density at radius 2 is 1.73 bits per heavy atom. The molecule has 1 heterocycles. The molecule has 1 fully saturated rings. The molecule has 6 heteroatoms. The fourth-order valence-corrected chi connectivity index (χ4v) is 3.91. The number of urea groups is 1. The van der Waals surface area contributed by atoms with Crippen LogP contribution in [0.15, 0.2) is 60.7 Å². The molecule has 0 radical (unpaired) electrons. The predicted molar refractivity (Wildman–Crippen MR) is 116 cm³/mol. The summed E-state index contributed by atoms with van der Waals surface area (Å²) < 4.78 is 0. The number of imide groups is 1. The number of rotatable bonds is 9. The molecule has 1 aliphatic heterocycles. The first-order chi connectivity index (χ1) is 14.5. The number of hydroxylamine groups is 1. The van der Waals surface area contributed by atoms with Crippen LogP contribution >= 0.6 is 0 Å². The zero-order chi connectivity index (χ0) is 21.5. The van der Waals surface area contributed by atoms with Crippen LogP contribution in [-0.4, -0.2) is 40.9 Å². The molecule has 0 bridgehead atoms. The Morgan fingerprint density at radius 3 is 2.37 bits per heavy atom. The number of carbonyl (C=O) groups is 2. The third-order valence-corrected chi connectivity index (χ3v) is 5.65. The lowest BCUT2D eigenvalue weighted by atomic mass is 9.99. The maximum atomic E-state index is 13.2. The summed E-state index contributed by atoms with van der Waals surface area (Å²) >= 11 is 0. The van der Waals surface area contributed by atoms with Gasteiger partial charge in [-0.1, -0.05) is 74.0 Å². The Labute approximate surface area is 178 Å². The first-order valence-corrected chi connectivity index (χ1v) is 10.6. The van der Waals surface area contributed by atoms with Gasteiger partial charge in [0, 0.05) is 19.5 Å². The van der Waals surface area contributed by atoms with Gasteiger partial charge in [-0.3, -0.25) is 14.5 Å². The lowest BCUT2D eigenvalue weighted by molar-refractivity contribution is -0.131. The molecule has 0 spiro atoms. The van der Waals surface area contributed by atoms with Gasteiger partial charge < -0.3 is 4.90 Å². The van der Waals surface area contributed by atoms with Crippen LogP contribution in [-0.2, 0) is 16.2 Å². The number of carbonyl (C=O) groups excluding carboxylic acids is 2. The summed E-state index contributed by atoms with van der Waals surface area (Å²) in [6, 6.07) is 18.8. The van der Waals surface area contributed by atoms with E-state index in [1.54, 1.807) is 11.9 Å². The van der Waals surface area contributed by atoms with E-state index in [-0.39, 0.29) is 36.5 Å². The van der Waals surface area contributed by atoms with Crippen LogP contribution in [0.25, 0.3) is 0 Å². The molecule has 1 aliphatic rings. The van der Waals surface area contributed by atoms with Crippen molar-refractivity contribution in [2.45, 2.75) is 57.8 Å². The van der Waals surface area contributed by atoms with Crippen molar-refractivity contribution in [3.05, 3.63) is 71.8 Å². The van der Waals surface area contributed by atoms with Gasteiger partial charge in [-0.25, -0.2) is 4.79 Å². The van der Waals surface area contributed by atoms with Gasteiger partial charge in [-0.2, -0.15) is 5.48 Å². The zero-order valence-corrected chi connectivity index (χ0v) is 18.0. The number of hydrogen-bond acceptors (Lipinski definition) is 4. The molecule has 160 valence electrons. The molecular weight excluding hydrogens is 378 g/mol. The van der Waals surface area contributed by atoms with Crippen molar-refractivity contribution in [1.82, 2.24) is 15.3 Å². The fourth-order valence-electron chi connectivity index (χ4n) is 3.91. The fraction of sp³-hybridized carbons (Fsp3) is 0.417. The molecule has 0 unspecified atom stereocenters. The minimum atomic E-state index is -0.288. The second-order valence-electron chi connectivity index (χ2n) is 7.84. The third-order valence-electron chi connectivity index (χ3n) is 5.65. The van der Waals surface area contributed by atoms with Crippen molar-refractivity contribution in [3.8, 4) is 0 Å². The Kier molecular flexibility index (Phi) is 7.60. The maximum Gasteiger partial charge on any atom is 0.327 e. The first kappa shape index (κ1) is 22.0. The highest BCUT2D eigenvalue weighted by Crippen LogP contribution is 2.35. The smallest absolute Gasteiger partial charge is 0.322 e. The summed E-state index contributed by atoms with van der Waals surface area (Å²) in [5, 5.41) is 0. The van der Waals surface area contributed by atoms with Gasteiger partial charge >= 0.3 is 6.03 Å². The highest BCUT2D eigenvalue weighted by Gasteiger charge is 2.45. The van der Waals surface area contributed by atoms with Crippen molar-refractivity contribution in [2.75, 3.05) is 7.05 Å². The lowest BCUT2D eigenvalue weighted by Crippen LogP contribution is -2.41. The molecular formula is C24H31N3O3. The van der Waals surface area contributed by atoms with Gasteiger partial charge in [0.2, 0.25) is 5.91 Å². The standard InChI is InChI=1S/C24H31N3O3/c1-4-11-21(25-30-17-19-12-7-5-8-13-19)16-22(28)27-23(18(2)26(3)24(27)29)20-14-9-6-10-15-20/h5-10,12-15,18,21,23,25H,4,11,16-17H2,1-3H3/t18-,21-,23-/m1/s1. The van der Waals surface area contributed by atoms with Gasteiger partial charge in [0.15, 0.2) is 0 Å². The average Bonchev–Trinajstić information content (AvgIpc) is 2.99. The zero-order valence-electron chi connectivity index (χ0n) is 18.0. The molecule has 30 heavy (non-hydrogen) atoms. The summed E-state index contributed by atoms with van der Waals surface area (Å²) in [7, 11) is 1.75. The van der Waals surface area contributed by atoms with Crippen LogP contribution in [0.4, 0.5) is 4.79 Å². The monoisotopic (exact) mass is 409 g/mol. The molecule has 1 saturated heterocycles. The molecule has 0 aliphatic carbocycles. The second-order valence-corrected chi connectivity index (χ2v) is 7.84. The van der Waals surface area contributed by atoms with E-state index in [0.29, 0.717) is 6.61 Å². The van der Waals surface area contributed by atoms with E-state index < -0.39 is 0 Å². The van der Waals surface area contributed by atoms with Crippen LogP contribution in [0.2, 0.25) is 0 Å². The van der Waals surface area contributed by atoms with Gasteiger partial charge in [-0.05, 0) is 24.5 Å². The number of benzene rings is 2. The minimum absolute atomic E-state index is 0.0873. The van der Waals surface area contributed by atoms with E-state index in [4.69, 9.17) is 4.84 Å². The highest BCUT2D eigenvalue weighted by molar-refractivity contribution is 5.97. The Balaban J connectivity index is 1.67. The van der Waals surface area contributed by atoms with Crippen LogP contribution in [0.1, 0.15) is 50.3 Å². The molecule has 0 saturated carbocycles. The molecule has 2 aromatic carbocycles. The summed E-state index contributed by atoms with van der Waals surface area (Å²) in [6.07, 6.45) is 1.90. The van der Waals surface area contributed by atoms with Crippen molar-refractivity contribution in [3.63, 3.8) is 0 Å². The average molecular weight is 410 g/mol. The number of nitrogens with zero attached hydrogens (tertiary/aromatic N) is 2. The highest BCUT2D eigenvalue weighted by atomic mass is 16.6. The first-order valence-electron chi connectivity index (χ1n) is 10.6. The normalized spacial score (nSPS) is 19.9. The molecule has 6 nitrogen and oxygen atoms in total. The largest absolute Gasteiger partial charge is 0.327 e. The molecule has 1 N–H and O–H groups in total. The minimum Gasteiger partial charge on any atom is -0.322 e. The van der Waals surface area contributed by atoms with Crippen molar-refractivity contribution in [1.29, 1.82) is 0 Å². The van der Waals surface area contributed by atoms with Crippen LogP contribution < -0.4 is 5.48 Å². The van der Waals surface area contributed by atoms with Gasteiger partial charge in [0.1, 0.15) is 0 Å². The van der Waals surface area contributed by atoms with E-state index in [0.717, 1.165) is 24.0 Å². The summed E-state index contributed by atoms with van der Waals surface area (Å²) in [4.78, 5) is 34.8. The summed E-state index contributed by atoms with van der Waals surface area (Å²) in [5.41, 5.74) is 5.07. The van der Waals surface area contributed by atoms with Crippen molar-refractivity contribution in [2.24, 2.45) is 0 Å². The van der Waals surface area contributed by atoms with E-state index in [9.17, 15) is 9.59 Å². The third kappa shape index (κ3) is 5.07. The SMILES string of the molecule is CCC[C@H](CC(=O)N1C(=O)N(C)[C@H](C)[C@@H]1c1ccccc1)NOCc1ccccc1. The van der Waals surface area contributed by atoms with Crippen LogP contribution in [0.3, 0.4) is 0 Å². The predicted octanol–water partition coefficient (Wildman–Crippen LogP) is 4.29. The quantitative estimate of drug-likeness (QED) is 0.628. The maximum absolute atomic E-state index is 13.2. The molecule has 0 aromatic heterocycles. The number of hydrogen-bond donors (Lipinski definition) is 1. The second kappa shape index (κ2) is 10.4. The van der Waals surface area contributed by atoms with Gasteiger partial charge in [0.25, 0.3) is 0 Å². The number of amides is 3. The van der Waals surface area contributed by atoms with Crippen molar-refractivity contribution < 1.29 is 14.4 Å². The molecule has 3 atom stereocenters. The van der Waals surface area contributed by atoms with E-state index in [2.05, 4.69) is 12.4 Å². The number of nitrogens with one attached hydrogen (secondary N) is 1. The van der Waals surface area contributed by atoms with Crippen LogP contribution in [0.5, 0.6) is 0 Å². The van der Waals surface area contributed by atoms with Crippen LogP contribution in [0, 0.1) is 0 Å². The van der Waals surface area contributed by atoms with Gasteiger partial charge in [-0.15, -0.1) is 0 Å². The topological polar surface area (TPSA) is 61.9 Å². The molecule has 3 rings (SSSR count). The summed E-state index contributed by atoms with van der Waals surface area (Å²) in [5.74, 6) is -0.181. The van der Waals surface area contributed by atoms with E-state index in [1.165, 1.54) is 4.90 Å². The Hall–Kier alpha value is -2.70. The van der Waals surface area contributed by atoms with E-state index >= 15 is 0 Å². The van der Waals surface area contributed by atoms with Crippen molar-refractivity contribution >= 4 is 11.9 Å². The van der Waals surface area contributed by atoms with E-state index in [1.807, 2.05) is 67.6 Å². The summed E-state index contributed by atoms with van der Waals surface area (Å²) in [6.45, 7) is 4.47. The number of likely N-dealkylation sites (N-methyl/N-ethyl adjacent to an activating group) is 1. The Bertz CT molecular complexity index is 828. The Morgan fingerprint density at radius 1 is 1.10 bits per heavy atom. The molecule has 2 aromatic rings. The lowest BCUT2D eigenvalue weighted by Gasteiger charge is -2.26. The van der Waals surface area contributed by atoms with Gasteiger partial charge in [0.05, 0.1) is 18.7 Å².